The lowest BCUT2D eigenvalue weighted by Gasteiger charge is -2.27. The van der Waals surface area contributed by atoms with Crippen LogP contribution in [0.4, 0.5) is 5.69 Å². The molecule has 0 aliphatic carbocycles. The molecule has 0 spiro atoms. The van der Waals surface area contributed by atoms with Crippen molar-refractivity contribution in [1.29, 1.82) is 0 Å². The molecule has 0 unspecified atom stereocenters. The second kappa shape index (κ2) is 10.9. The Kier molecular flexibility index (Phi) is 7.25. The largest absolute Gasteiger partial charge is 0.337 e. The second-order valence-electron chi connectivity index (χ2n) is 9.54. The maximum absolute atomic E-state index is 13.2. The van der Waals surface area contributed by atoms with E-state index in [1.54, 1.807) is 29.2 Å². The second-order valence-corrected chi connectivity index (χ2v) is 9.54. The van der Waals surface area contributed by atoms with Crippen molar-refractivity contribution in [3.8, 4) is 11.1 Å². The highest BCUT2D eigenvalue weighted by Gasteiger charge is 2.15. The predicted octanol–water partition coefficient (Wildman–Crippen LogP) is 5.09. The van der Waals surface area contributed by atoms with Crippen LogP contribution in [0.2, 0.25) is 0 Å². The number of piperazine rings is 1. The Balaban J connectivity index is 1.27. The molecule has 1 aliphatic heterocycles. The van der Waals surface area contributed by atoms with Crippen molar-refractivity contribution in [2.45, 2.75) is 13.1 Å². The van der Waals surface area contributed by atoms with Gasteiger partial charge in [0.2, 0.25) is 0 Å². The molecule has 1 saturated heterocycles. The van der Waals surface area contributed by atoms with Crippen molar-refractivity contribution in [1.82, 2.24) is 15.1 Å². The highest BCUT2D eigenvalue weighted by Crippen LogP contribution is 2.25. The van der Waals surface area contributed by atoms with Crippen LogP contribution in [0, 0.1) is 10.1 Å². The lowest BCUT2D eigenvalue weighted by Crippen LogP contribution is -2.42. The van der Waals surface area contributed by atoms with Gasteiger partial charge in [-0.3, -0.25) is 19.8 Å². The van der Waals surface area contributed by atoms with Gasteiger partial charge in [-0.05, 0) is 63.4 Å². The van der Waals surface area contributed by atoms with Crippen LogP contribution < -0.4 is 5.32 Å². The van der Waals surface area contributed by atoms with Crippen LogP contribution >= 0.6 is 0 Å². The first-order valence-electron chi connectivity index (χ1n) is 12.5. The molecule has 1 N–H and O–H groups in total. The molecule has 1 heterocycles. The number of fused-ring (bicyclic) bond motifs is 1. The van der Waals surface area contributed by atoms with Crippen LogP contribution in [-0.4, -0.2) is 53.9 Å². The molecular weight excluding hydrogens is 464 g/mol. The van der Waals surface area contributed by atoms with E-state index in [2.05, 4.69) is 46.6 Å². The Bertz CT molecular complexity index is 1410. The molecule has 188 valence electrons. The molecule has 0 aromatic heterocycles. The standard InChI is InChI=1S/C30H30N4O3/c1-32(30(35)25-8-6-23(7-9-25)24-10-12-28(13-11-24)34(36)37)21-27-4-2-3-26-19-22(5-14-29(26)27)20-33-17-15-31-16-18-33/h2-14,19,31H,15-18,20-21H2,1H3. The fourth-order valence-electron chi connectivity index (χ4n) is 4.89. The van der Waals surface area contributed by atoms with Gasteiger partial charge in [0.15, 0.2) is 0 Å². The fraction of sp³-hybridized carbons (Fsp3) is 0.233. The van der Waals surface area contributed by atoms with Crippen molar-refractivity contribution >= 4 is 22.4 Å². The SMILES string of the molecule is CN(Cc1cccc2cc(CN3CCNCC3)ccc12)C(=O)c1ccc(-c2ccc([N+](=O)[O-])cc2)cc1. The Labute approximate surface area is 216 Å². The third-order valence-corrected chi connectivity index (χ3v) is 6.95. The average Bonchev–Trinajstić information content (AvgIpc) is 2.93. The highest BCUT2D eigenvalue weighted by molar-refractivity contribution is 5.95. The lowest BCUT2D eigenvalue weighted by molar-refractivity contribution is -0.384. The quantitative estimate of drug-likeness (QED) is 0.286. The van der Waals surface area contributed by atoms with Gasteiger partial charge >= 0.3 is 0 Å². The van der Waals surface area contributed by atoms with E-state index in [1.807, 2.05) is 19.2 Å². The zero-order valence-corrected chi connectivity index (χ0v) is 20.9. The Morgan fingerprint density at radius 3 is 2.30 bits per heavy atom. The highest BCUT2D eigenvalue weighted by atomic mass is 16.6. The van der Waals surface area contributed by atoms with Crippen LogP contribution in [0.15, 0.2) is 84.9 Å². The van der Waals surface area contributed by atoms with Gasteiger partial charge in [0, 0.05) is 64.0 Å². The number of amides is 1. The summed E-state index contributed by atoms with van der Waals surface area (Å²) < 4.78 is 0. The first-order chi connectivity index (χ1) is 18.0. The minimum absolute atomic E-state index is 0.0532. The van der Waals surface area contributed by atoms with Gasteiger partial charge in [-0.2, -0.15) is 0 Å². The number of carbonyl (C=O) groups excluding carboxylic acids is 1. The van der Waals surface area contributed by atoms with Crippen molar-refractivity contribution in [3.63, 3.8) is 0 Å². The monoisotopic (exact) mass is 494 g/mol. The summed E-state index contributed by atoms with van der Waals surface area (Å²) in [5.74, 6) is -0.0532. The molecule has 4 aromatic rings. The van der Waals surface area contributed by atoms with E-state index >= 15 is 0 Å². The van der Waals surface area contributed by atoms with E-state index < -0.39 is 4.92 Å². The van der Waals surface area contributed by atoms with E-state index in [-0.39, 0.29) is 11.6 Å². The average molecular weight is 495 g/mol. The molecular formula is C30H30N4O3. The van der Waals surface area contributed by atoms with E-state index in [0.29, 0.717) is 12.1 Å². The maximum Gasteiger partial charge on any atom is 0.269 e. The molecule has 1 amide bonds. The van der Waals surface area contributed by atoms with Crippen molar-refractivity contribution in [3.05, 3.63) is 112 Å². The number of nitrogens with zero attached hydrogens (tertiary/aromatic N) is 3. The number of nitro groups is 1. The minimum Gasteiger partial charge on any atom is -0.337 e. The summed E-state index contributed by atoms with van der Waals surface area (Å²) in [6, 6.07) is 26.7. The topological polar surface area (TPSA) is 78.7 Å². The molecule has 0 radical (unpaired) electrons. The van der Waals surface area contributed by atoms with Crippen LogP contribution in [0.5, 0.6) is 0 Å². The van der Waals surface area contributed by atoms with E-state index in [1.165, 1.54) is 28.5 Å². The summed E-state index contributed by atoms with van der Waals surface area (Å²) in [4.78, 5) is 27.9. The molecule has 4 aromatic carbocycles. The van der Waals surface area contributed by atoms with E-state index in [0.717, 1.165) is 49.4 Å². The molecule has 0 atom stereocenters. The van der Waals surface area contributed by atoms with Crippen molar-refractivity contribution in [2.24, 2.45) is 0 Å². The third-order valence-electron chi connectivity index (χ3n) is 6.95. The van der Waals surface area contributed by atoms with Crippen LogP contribution in [0.1, 0.15) is 21.5 Å². The first-order valence-corrected chi connectivity index (χ1v) is 12.5. The number of benzene rings is 4. The smallest absolute Gasteiger partial charge is 0.269 e. The zero-order chi connectivity index (χ0) is 25.8. The minimum atomic E-state index is -0.413. The number of rotatable bonds is 7. The predicted molar refractivity (Wildman–Crippen MR) is 146 cm³/mol. The summed E-state index contributed by atoms with van der Waals surface area (Å²) in [6.07, 6.45) is 0. The molecule has 0 saturated carbocycles. The summed E-state index contributed by atoms with van der Waals surface area (Å²) in [5.41, 5.74) is 4.85. The van der Waals surface area contributed by atoms with Crippen molar-refractivity contribution in [2.75, 3.05) is 33.2 Å². The van der Waals surface area contributed by atoms with E-state index in [9.17, 15) is 14.9 Å². The summed E-state index contributed by atoms with van der Waals surface area (Å²) >= 11 is 0. The van der Waals surface area contributed by atoms with Gasteiger partial charge in [0.05, 0.1) is 4.92 Å². The first kappa shape index (κ1) is 24.6. The van der Waals surface area contributed by atoms with Gasteiger partial charge in [-0.1, -0.05) is 42.5 Å². The van der Waals surface area contributed by atoms with Gasteiger partial charge in [0.1, 0.15) is 0 Å². The van der Waals surface area contributed by atoms with Crippen LogP contribution in [0.25, 0.3) is 21.9 Å². The van der Waals surface area contributed by atoms with Crippen molar-refractivity contribution < 1.29 is 9.72 Å². The Hall–Kier alpha value is -4.07. The number of hydrogen-bond acceptors (Lipinski definition) is 5. The number of nitrogens with one attached hydrogen (secondary N) is 1. The third kappa shape index (κ3) is 5.69. The molecule has 5 rings (SSSR count). The number of non-ortho nitro benzene ring substituents is 1. The number of nitro benzene ring substituents is 1. The molecule has 7 nitrogen and oxygen atoms in total. The van der Waals surface area contributed by atoms with Gasteiger partial charge in [-0.25, -0.2) is 0 Å². The summed E-state index contributed by atoms with van der Waals surface area (Å²) in [7, 11) is 1.82. The zero-order valence-electron chi connectivity index (χ0n) is 20.9. The number of hydrogen-bond donors (Lipinski definition) is 1. The van der Waals surface area contributed by atoms with E-state index in [4.69, 9.17) is 0 Å². The number of carbonyl (C=O) groups is 1. The van der Waals surface area contributed by atoms with Crippen LogP contribution in [0.3, 0.4) is 0 Å². The molecule has 1 aliphatic rings. The van der Waals surface area contributed by atoms with Gasteiger partial charge < -0.3 is 10.2 Å². The Morgan fingerprint density at radius 2 is 1.62 bits per heavy atom. The normalized spacial score (nSPS) is 14.0. The summed E-state index contributed by atoms with van der Waals surface area (Å²) in [5, 5.41) is 16.6. The lowest BCUT2D eigenvalue weighted by atomic mass is 10.0. The molecule has 0 bridgehead atoms. The molecule has 7 heteroatoms. The fourth-order valence-corrected chi connectivity index (χ4v) is 4.89. The molecule has 37 heavy (non-hydrogen) atoms. The Morgan fingerprint density at radius 1 is 0.946 bits per heavy atom. The maximum atomic E-state index is 13.2. The summed E-state index contributed by atoms with van der Waals surface area (Å²) in [6.45, 7) is 5.68. The van der Waals surface area contributed by atoms with Gasteiger partial charge in [0.25, 0.3) is 11.6 Å². The van der Waals surface area contributed by atoms with Crippen LogP contribution in [-0.2, 0) is 13.1 Å². The van der Waals surface area contributed by atoms with Gasteiger partial charge in [-0.15, -0.1) is 0 Å². The molecule has 1 fully saturated rings.